The summed E-state index contributed by atoms with van der Waals surface area (Å²) in [6.45, 7) is 6.81. The van der Waals surface area contributed by atoms with E-state index in [9.17, 15) is 9.59 Å². The molecule has 45 heavy (non-hydrogen) atoms. The molecule has 3 N–H and O–H groups in total. The van der Waals surface area contributed by atoms with E-state index in [2.05, 4.69) is 49.7 Å². The first-order valence-corrected chi connectivity index (χ1v) is 15.8. The smallest absolute Gasteiger partial charge is 0.242 e. The fourth-order valence-corrected chi connectivity index (χ4v) is 5.32. The fourth-order valence-electron chi connectivity index (χ4n) is 5.32. The first kappa shape index (κ1) is 33.5. The minimum Gasteiger partial charge on any atom is -0.479 e. The normalized spacial score (nSPS) is 15.1. The molecule has 1 saturated heterocycles. The number of carbonyl (C=O) groups is 2. The quantitative estimate of drug-likeness (QED) is 0.183. The Labute approximate surface area is 266 Å². The van der Waals surface area contributed by atoms with Crippen LogP contribution in [0.15, 0.2) is 24.4 Å². The molecule has 3 heterocycles. The number of carbonyl (C=O) groups excluding carboxylic acids is 2. The molecule has 1 aliphatic rings. The second-order valence-electron chi connectivity index (χ2n) is 11.8. The van der Waals surface area contributed by atoms with Gasteiger partial charge in [-0.25, -0.2) is 4.98 Å². The maximum absolute atomic E-state index is 13.0. The number of unbranched alkanes of at least 4 members (excludes halogenated alkanes) is 1. The van der Waals surface area contributed by atoms with E-state index >= 15 is 0 Å². The monoisotopic (exact) mass is 617 g/mol. The number of benzene rings is 1. The Morgan fingerprint density at radius 3 is 2.82 bits per heavy atom. The van der Waals surface area contributed by atoms with Crippen LogP contribution in [0.3, 0.4) is 0 Å². The maximum atomic E-state index is 13.0. The maximum Gasteiger partial charge on any atom is 0.242 e. The lowest BCUT2D eigenvalue weighted by Gasteiger charge is -2.27. The Morgan fingerprint density at radius 1 is 1.24 bits per heavy atom. The standard InChI is InChI=1S/C33H47N9O3/c1-7-17-34-29-24(22-36-33(38-29)37-25-14-15-26-28(21-25)41(5)39-31(26)45-6)12-9-8-10-18-35-30(43)27-13-11-19-42(27)32(44)23(2)16-20-40(3)4/h14-15,21-23,27H,7-8,10-11,13,16-20H2,1-6H3,(H,35,43)(H2,34,36,37,38)/t23?,27-/m0/s1. The summed E-state index contributed by atoms with van der Waals surface area (Å²) in [4.78, 5) is 38.9. The number of nitrogens with zero attached hydrogens (tertiary/aromatic N) is 6. The molecule has 0 aliphatic carbocycles. The van der Waals surface area contributed by atoms with E-state index in [4.69, 9.17) is 9.72 Å². The minimum atomic E-state index is -0.379. The van der Waals surface area contributed by atoms with Gasteiger partial charge in [-0.3, -0.25) is 14.3 Å². The summed E-state index contributed by atoms with van der Waals surface area (Å²) in [5.41, 5.74) is 2.48. The largest absolute Gasteiger partial charge is 0.479 e. The van der Waals surface area contributed by atoms with Gasteiger partial charge in [0.25, 0.3) is 0 Å². The molecule has 1 unspecified atom stereocenters. The zero-order valence-electron chi connectivity index (χ0n) is 27.4. The summed E-state index contributed by atoms with van der Waals surface area (Å²) in [7, 11) is 7.49. The molecule has 0 bridgehead atoms. The molecule has 0 saturated carbocycles. The van der Waals surface area contributed by atoms with Crippen molar-refractivity contribution in [1.82, 2.24) is 34.9 Å². The van der Waals surface area contributed by atoms with Crippen LogP contribution < -0.4 is 20.7 Å². The Kier molecular flexibility index (Phi) is 12.0. The molecule has 2 amide bonds. The number of anilines is 3. The van der Waals surface area contributed by atoms with Crippen LogP contribution in [0.4, 0.5) is 17.5 Å². The molecule has 3 aromatic rings. The highest BCUT2D eigenvalue weighted by molar-refractivity contribution is 5.89. The van der Waals surface area contributed by atoms with E-state index in [1.54, 1.807) is 22.9 Å². The third kappa shape index (κ3) is 8.85. The van der Waals surface area contributed by atoms with Crippen LogP contribution in [0, 0.1) is 17.8 Å². The number of rotatable bonds is 14. The SMILES string of the molecule is CCCNc1nc(Nc2ccc3c(OC)nn(C)c3c2)ncc1C#CCCCNC(=O)[C@@H]1CCCN1C(=O)C(C)CCN(C)C. The van der Waals surface area contributed by atoms with Gasteiger partial charge in [-0.2, -0.15) is 4.98 Å². The van der Waals surface area contributed by atoms with Crippen molar-refractivity contribution in [2.75, 3.05) is 58.0 Å². The first-order chi connectivity index (χ1) is 21.7. The molecule has 12 nitrogen and oxygen atoms in total. The zero-order valence-corrected chi connectivity index (χ0v) is 27.4. The van der Waals surface area contributed by atoms with Gasteiger partial charge in [0.1, 0.15) is 11.9 Å². The molecule has 0 radical (unpaired) electrons. The van der Waals surface area contributed by atoms with Crippen molar-refractivity contribution in [1.29, 1.82) is 0 Å². The lowest BCUT2D eigenvalue weighted by Crippen LogP contribution is -2.47. The van der Waals surface area contributed by atoms with Crippen LogP contribution in [-0.4, -0.2) is 94.8 Å². The number of aryl methyl sites for hydroxylation is 1. The summed E-state index contributed by atoms with van der Waals surface area (Å²) in [6.07, 6.45) is 6.33. The summed E-state index contributed by atoms with van der Waals surface area (Å²) in [6, 6.07) is 5.50. The number of methoxy groups -OCH3 is 1. The minimum absolute atomic E-state index is 0.0714. The highest BCUT2D eigenvalue weighted by atomic mass is 16.5. The van der Waals surface area contributed by atoms with Crippen LogP contribution in [0.25, 0.3) is 10.9 Å². The molecule has 12 heteroatoms. The van der Waals surface area contributed by atoms with Gasteiger partial charge in [0.05, 0.1) is 29.8 Å². The molecular formula is C33H47N9O3. The summed E-state index contributed by atoms with van der Waals surface area (Å²) in [5, 5.41) is 15.0. The van der Waals surface area contributed by atoms with Gasteiger partial charge in [0.15, 0.2) is 0 Å². The van der Waals surface area contributed by atoms with Gasteiger partial charge in [0.2, 0.25) is 23.6 Å². The van der Waals surface area contributed by atoms with Gasteiger partial charge >= 0.3 is 0 Å². The van der Waals surface area contributed by atoms with Crippen molar-refractivity contribution in [2.24, 2.45) is 13.0 Å². The van der Waals surface area contributed by atoms with Crippen molar-refractivity contribution in [3.63, 3.8) is 0 Å². The molecule has 1 aromatic carbocycles. The average Bonchev–Trinajstić information content (AvgIpc) is 3.65. The van der Waals surface area contributed by atoms with Gasteiger partial charge in [-0.15, -0.1) is 5.10 Å². The molecule has 4 rings (SSSR count). The number of amides is 2. The number of ether oxygens (including phenoxy) is 1. The van der Waals surface area contributed by atoms with Crippen LogP contribution in [0.2, 0.25) is 0 Å². The number of hydrogen-bond donors (Lipinski definition) is 3. The van der Waals surface area contributed by atoms with Crippen molar-refractivity contribution in [3.05, 3.63) is 30.0 Å². The van der Waals surface area contributed by atoms with Gasteiger partial charge in [-0.1, -0.05) is 25.7 Å². The molecule has 242 valence electrons. The van der Waals surface area contributed by atoms with Crippen molar-refractivity contribution in [3.8, 4) is 17.7 Å². The molecular weight excluding hydrogens is 570 g/mol. The Morgan fingerprint density at radius 2 is 2.07 bits per heavy atom. The van der Waals surface area contributed by atoms with E-state index in [1.807, 2.05) is 46.3 Å². The molecule has 2 aromatic heterocycles. The third-order valence-electron chi connectivity index (χ3n) is 7.87. The molecule has 0 spiro atoms. The summed E-state index contributed by atoms with van der Waals surface area (Å²) in [5.74, 6) is 8.01. The zero-order chi connectivity index (χ0) is 32.3. The predicted octanol–water partition coefficient (Wildman–Crippen LogP) is 3.76. The van der Waals surface area contributed by atoms with E-state index < -0.39 is 0 Å². The van der Waals surface area contributed by atoms with Crippen LogP contribution in [0.1, 0.15) is 57.9 Å². The summed E-state index contributed by atoms with van der Waals surface area (Å²) >= 11 is 0. The topological polar surface area (TPSA) is 130 Å². The lowest BCUT2D eigenvalue weighted by atomic mass is 10.1. The van der Waals surface area contributed by atoms with E-state index in [0.717, 1.165) is 48.9 Å². The van der Waals surface area contributed by atoms with Crippen molar-refractivity contribution in [2.45, 2.75) is 58.4 Å². The Balaban J connectivity index is 1.30. The van der Waals surface area contributed by atoms with Crippen molar-refractivity contribution >= 4 is 40.2 Å². The first-order valence-electron chi connectivity index (χ1n) is 15.8. The molecule has 1 aliphatic heterocycles. The third-order valence-corrected chi connectivity index (χ3v) is 7.87. The summed E-state index contributed by atoms with van der Waals surface area (Å²) < 4.78 is 7.13. The molecule has 1 fully saturated rings. The fraction of sp³-hybridized carbons (Fsp3) is 0.545. The Bertz CT molecular complexity index is 1520. The number of nitrogens with one attached hydrogen (secondary N) is 3. The number of likely N-dealkylation sites (tertiary alicyclic amines) is 1. The van der Waals surface area contributed by atoms with Gasteiger partial charge in [0, 0.05) is 44.7 Å². The second-order valence-corrected chi connectivity index (χ2v) is 11.8. The Hall–Kier alpha value is -4.37. The van der Waals surface area contributed by atoms with Crippen molar-refractivity contribution < 1.29 is 14.3 Å². The highest BCUT2D eigenvalue weighted by Crippen LogP contribution is 2.28. The number of hydrogen-bond acceptors (Lipinski definition) is 9. The average molecular weight is 618 g/mol. The predicted molar refractivity (Wildman–Crippen MR) is 178 cm³/mol. The molecule has 2 atom stereocenters. The second kappa shape index (κ2) is 16.1. The van der Waals surface area contributed by atoms with Crippen LogP contribution >= 0.6 is 0 Å². The van der Waals surface area contributed by atoms with E-state index in [0.29, 0.717) is 55.6 Å². The van der Waals surface area contributed by atoms with Gasteiger partial charge < -0.3 is 30.5 Å². The van der Waals surface area contributed by atoms with E-state index in [1.165, 1.54) is 0 Å². The number of aromatic nitrogens is 4. The lowest BCUT2D eigenvalue weighted by molar-refractivity contribution is -0.141. The van der Waals surface area contributed by atoms with Gasteiger partial charge in [-0.05, 0) is 70.9 Å². The van der Waals surface area contributed by atoms with Crippen LogP contribution in [-0.2, 0) is 16.6 Å². The van der Waals surface area contributed by atoms with E-state index in [-0.39, 0.29) is 23.8 Å². The van der Waals surface area contributed by atoms with Crippen LogP contribution in [0.5, 0.6) is 5.88 Å². The highest BCUT2D eigenvalue weighted by Gasteiger charge is 2.35. The number of fused-ring (bicyclic) bond motifs is 1.